The molecule has 3 aromatic rings. The first-order valence-electron chi connectivity index (χ1n) is 12.8. The van der Waals surface area contributed by atoms with Gasteiger partial charge < -0.3 is 23.9 Å². The fourth-order valence-electron chi connectivity index (χ4n) is 3.63. The summed E-state index contributed by atoms with van der Waals surface area (Å²) in [7, 11) is -1.34. The SMILES string of the molecule is CCc1cc(OCC(C)(C)C(=O)[O-])ccc1-c1ccc(-c2nc(C(F)(F)F)cn2COCC[Si](C)(C)C)cn1. The van der Waals surface area contributed by atoms with E-state index in [9.17, 15) is 23.1 Å². The van der Waals surface area contributed by atoms with Crippen LogP contribution in [0.2, 0.25) is 25.7 Å². The van der Waals surface area contributed by atoms with Crippen LogP contribution in [0.3, 0.4) is 0 Å². The topological polar surface area (TPSA) is 89.3 Å². The molecule has 0 saturated carbocycles. The van der Waals surface area contributed by atoms with E-state index in [-0.39, 0.29) is 19.2 Å². The summed E-state index contributed by atoms with van der Waals surface area (Å²) in [6.45, 7) is 12.0. The van der Waals surface area contributed by atoms with E-state index in [1.54, 1.807) is 18.2 Å². The van der Waals surface area contributed by atoms with E-state index in [0.29, 0.717) is 30.0 Å². The summed E-state index contributed by atoms with van der Waals surface area (Å²) in [5.41, 5.74) is 0.712. The van der Waals surface area contributed by atoms with Crippen molar-refractivity contribution in [2.45, 2.75) is 65.8 Å². The van der Waals surface area contributed by atoms with Crippen LogP contribution in [-0.2, 0) is 28.9 Å². The van der Waals surface area contributed by atoms with Gasteiger partial charge in [0.15, 0.2) is 5.69 Å². The molecule has 0 N–H and O–H groups in total. The minimum Gasteiger partial charge on any atom is -0.549 e. The van der Waals surface area contributed by atoms with E-state index in [2.05, 4.69) is 29.6 Å². The number of pyridine rings is 1. The Morgan fingerprint density at radius 3 is 2.41 bits per heavy atom. The van der Waals surface area contributed by atoms with E-state index >= 15 is 0 Å². The third kappa shape index (κ3) is 8.15. The molecule has 39 heavy (non-hydrogen) atoms. The standard InChI is InChI=1S/C28H36F3N3O4Si/c1-7-19-14-21(38-17-27(2,3)26(35)36)9-10-22(19)23-11-8-20(15-32-23)25-33-24(28(29,30)31)16-34(25)18-37-12-13-39(4,5)6/h8-11,14-16H,7,12-13,17-18H2,1-6H3,(H,35,36)/p-1. The van der Waals surface area contributed by atoms with Crippen molar-refractivity contribution >= 4 is 14.0 Å². The summed E-state index contributed by atoms with van der Waals surface area (Å²) in [5.74, 6) is -0.540. The Morgan fingerprint density at radius 1 is 1.13 bits per heavy atom. The molecule has 0 aliphatic heterocycles. The number of ether oxygens (including phenoxy) is 2. The lowest BCUT2D eigenvalue weighted by Gasteiger charge is -2.25. The zero-order valence-electron chi connectivity index (χ0n) is 23.2. The molecule has 1 aromatic carbocycles. The third-order valence-electron chi connectivity index (χ3n) is 6.20. The number of carbonyl (C=O) groups excluding carboxylic acids is 1. The van der Waals surface area contributed by atoms with Gasteiger partial charge in [0.05, 0.1) is 18.3 Å². The number of alkyl halides is 3. The Kier molecular flexibility index (Phi) is 9.27. The van der Waals surface area contributed by atoms with Crippen LogP contribution in [0.1, 0.15) is 32.0 Å². The summed E-state index contributed by atoms with van der Waals surface area (Å²) < 4.78 is 53.0. The smallest absolute Gasteiger partial charge is 0.434 e. The van der Waals surface area contributed by atoms with Gasteiger partial charge in [-0.15, -0.1) is 0 Å². The van der Waals surface area contributed by atoms with Crippen molar-refractivity contribution in [2.24, 2.45) is 5.41 Å². The molecule has 2 heterocycles. The molecule has 0 bridgehead atoms. The van der Waals surface area contributed by atoms with Crippen molar-refractivity contribution in [1.82, 2.24) is 14.5 Å². The van der Waals surface area contributed by atoms with Crippen LogP contribution in [0.5, 0.6) is 5.75 Å². The fourth-order valence-corrected chi connectivity index (χ4v) is 4.39. The van der Waals surface area contributed by atoms with Gasteiger partial charge in [0, 0.05) is 43.6 Å². The second-order valence-corrected chi connectivity index (χ2v) is 17.0. The van der Waals surface area contributed by atoms with Gasteiger partial charge in [-0.2, -0.15) is 13.2 Å². The molecule has 0 aliphatic rings. The Morgan fingerprint density at radius 2 is 1.85 bits per heavy atom. The molecular weight excluding hydrogens is 527 g/mol. The van der Waals surface area contributed by atoms with Crippen LogP contribution in [0, 0.1) is 5.41 Å². The summed E-state index contributed by atoms with van der Waals surface area (Å²) in [5, 5.41) is 11.2. The number of aryl methyl sites for hydroxylation is 1. The van der Waals surface area contributed by atoms with Crippen molar-refractivity contribution in [3.8, 4) is 28.4 Å². The number of hydrogen-bond donors (Lipinski definition) is 0. The number of carbonyl (C=O) groups is 1. The molecule has 212 valence electrons. The van der Waals surface area contributed by atoms with Crippen LogP contribution in [0.15, 0.2) is 42.7 Å². The number of benzene rings is 1. The predicted octanol–water partition coefficient (Wildman–Crippen LogP) is 5.66. The highest BCUT2D eigenvalue weighted by Gasteiger charge is 2.35. The van der Waals surface area contributed by atoms with Gasteiger partial charge in [0.1, 0.15) is 18.3 Å². The number of carboxylic acids is 1. The zero-order chi connectivity index (χ0) is 29.0. The van der Waals surface area contributed by atoms with Crippen LogP contribution in [-0.4, -0.2) is 41.8 Å². The highest BCUT2D eigenvalue weighted by molar-refractivity contribution is 6.76. The number of imidazole rings is 1. The molecule has 0 unspecified atom stereocenters. The summed E-state index contributed by atoms with van der Waals surface area (Å²) in [6, 6.07) is 9.72. The fraction of sp³-hybridized carbons (Fsp3) is 0.464. The predicted molar refractivity (Wildman–Crippen MR) is 144 cm³/mol. The average molecular weight is 563 g/mol. The number of hydrogen-bond acceptors (Lipinski definition) is 6. The van der Waals surface area contributed by atoms with Gasteiger partial charge in [-0.25, -0.2) is 4.98 Å². The number of aliphatic carboxylic acids is 1. The van der Waals surface area contributed by atoms with Crippen molar-refractivity contribution in [2.75, 3.05) is 13.2 Å². The van der Waals surface area contributed by atoms with E-state index in [0.717, 1.165) is 23.4 Å². The normalized spacial score (nSPS) is 12.5. The van der Waals surface area contributed by atoms with Gasteiger partial charge in [0.25, 0.3) is 0 Å². The summed E-state index contributed by atoms with van der Waals surface area (Å²) in [4.78, 5) is 19.6. The monoisotopic (exact) mass is 562 g/mol. The molecule has 11 heteroatoms. The molecule has 0 atom stereocenters. The first-order chi connectivity index (χ1) is 18.1. The van der Waals surface area contributed by atoms with Crippen LogP contribution in [0.4, 0.5) is 13.2 Å². The van der Waals surface area contributed by atoms with E-state index in [1.807, 2.05) is 19.1 Å². The molecule has 0 fully saturated rings. The van der Waals surface area contributed by atoms with E-state index in [1.165, 1.54) is 24.6 Å². The van der Waals surface area contributed by atoms with Crippen LogP contribution in [0.25, 0.3) is 22.6 Å². The molecule has 3 rings (SSSR count). The number of carboxylic acid groups (broad SMARTS) is 1. The number of rotatable bonds is 12. The number of nitrogens with zero attached hydrogens (tertiary/aromatic N) is 3. The highest BCUT2D eigenvalue weighted by atomic mass is 28.3. The van der Waals surface area contributed by atoms with Crippen molar-refractivity contribution in [3.63, 3.8) is 0 Å². The third-order valence-corrected chi connectivity index (χ3v) is 7.91. The van der Waals surface area contributed by atoms with Gasteiger partial charge in [-0.05, 0) is 48.4 Å². The zero-order valence-corrected chi connectivity index (χ0v) is 24.2. The molecule has 0 radical (unpaired) electrons. The molecule has 0 saturated heterocycles. The molecule has 2 aromatic heterocycles. The van der Waals surface area contributed by atoms with Crippen molar-refractivity contribution in [3.05, 3.63) is 54.0 Å². The quantitative estimate of drug-likeness (QED) is 0.209. The maximum Gasteiger partial charge on any atom is 0.434 e. The van der Waals surface area contributed by atoms with Gasteiger partial charge >= 0.3 is 6.18 Å². The maximum atomic E-state index is 13.4. The summed E-state index contributed by atoms with van der Waals surface area (Å²) in [6.07, 6.45) is -1.45. The first kappa shape index (κ1) is 30.4. The van der Waals surface area contributed by atoms with E-state index < -0.39 is 31.3 Å². The van der Waals surface area contributed by atoms with Crippen LogP contribution >= 0.6 is 0 Å². The molecule has 0 amide bonds. The van der Waals surface area contributed by atoms with E-state index in [4.69, 9.17) is 9.47 Å². The molecule has 0 spiro atoms. The minimum absolute atomic E-state index is 0.0408. The Hall–Kier alpha value is -3.18. The average Bonchev–Trinajstić information content (AvgIpc) is 3.29. The lowest BCUT2D eigenvalue weighted by Crippen LogP contribution is -2.42. The van der Waals surface area contributed by atoms with Crippen molar-refractivity contribution < 1.29 is 32.5 Å². The Labute approximate surface area is 228 Å². The lowest BCUT2D eigenvalue weighted by atomic mass is 9.95. The number of halogens is 3. The Bertz CT molecular complexity index is 1280. The molecule has 7 nitrogen and oxygen atoms in total. The highest BCUT2D eigenvalue weighted by Crippen LogP contribution is 2.32. The minimum atomic E-state index is -4.58. The van der Waals surface area contributed by atoms with Gasteiger partial charge in [0.2, 0.25) is 0 Å². The second-order valence-electron chi connectivity index (χ2n) is 11.3. The number of aromatic nitrogens is 3. The van der Waals surface area contributed by atoms with Crippen molar-refractivity contribution in [1.29, 1.82) is 0 Å². The largest absolute Gasteiger partial charge is 0.549 e. The van der Waals surface area contributed by atoms with Gasteiger partial charge in [-0.3, -0.25) is 4.98 Å². The first-order valence-corrected chi connectivity index (χ1v) is 16.5. The molecular formula is C28H35F3N3O4Si-. The van der Waals surface area contributed by atoms with Crippen LogP contribution < -0.4 is 9.84 Å². The maximum absolute atomic E-state index is 13.4. The summed E-state index contributed by atoms with van der Waals surface area (Å²) >= 11 is 0. The molecule has 0 aliphatic carbocycles. The Balaban J connectivity index is 1.83. The second kappa shape index (κ2) is 11.9. The van der Waals surface area contributed by atoms with Gasteiger partial charge in [-0.1, -0.05) is 40.4 Å². The lowest BCUT2D eigenvalue weighted by molar-refractivity contribution is -0.318.